The van der Waals surface area contributed by atoms with Crippen LogP contribution in [0.25, 0.3) is 0 Å². The lowest BCUT2D eigenvalue weighted by Crippen LogP contribution is -2.51. The number of hydrogen-bond donors (Lipinski definition) is 1. The maximum atomic E-state index is 9.83. The van der Waals surface area contributed by atoms with Crippen molar-refractivity contribution in [1.82, 2.24) is 4.90 Å². The Morgan fingerprint density at radius 3 is 2.44 bits per heavy atom. The minimum absolute atomic E-state index is 0.159. The summed E-state index contributed by atoms with van der Waals surface area (Å²) in [6, 6.07) is 8.86. The van der Waals surface area contributed by atoms with Gasteiger partial charge >= 0.3 is 0 Å². The summed E-state index contributed by atoms with van der Waals surface area (Å²) in [5.41, 5.74) is 2.92. The number of rotatable bonds is 3. The van der Waals surface area contributed by atoms with Crippen LogP contribution in [0, 0.1) is 0 Å². The molecule has 0 bridgehead atoms. The van der Waals surface area contributed by atoms with E-state index in [1.165, 1.54) is 11.1 Å². The second-order valence-corrected chi connectivity index (χ2v) is 6.06. The summed E-state index contributed by atoms with van der Waals surface area (Å²) in [6.45, 7) is 8.47. The first-order valence-corrected chi connectivity index (χ1v) is 7.02. The Hall–Kier alpha value is -0.860. The minimum atomic E-state index is -0.159. The average Bonchev–Trinajstić information content (AvgIpc) is 2.35. The van der Waals surface area contributed by atoms with Gasteiger partial charge in [0.2, 0.25) is 0 Å². The van der Waals surface area contributed by atoms with Gasteiger partial charge in [-0.05, 0) is 44.2 Å². The van der Waals surface area contributed by atoms with E-state index in [1.807, 2.05) is 0 Å². The first kappa shape index (κ1) is 13.6. The summed E-state index contributed by atoms with van der Waals surface area (Å²) in [5.74, 6) is 0. The highest BCUT2D eigenvalue weighted by molar-refractivity contribution is 5.22. The Balaban J connectivity index is 2.06. The minimum Gasteiger partial charge on any atom is -0.392 e. The Kier molecular flexibility index (Phi) is 4.08. The number of aliphatic hydroxyl groups excluding tert-OH is 1. The number of nitrogens with zero attached hydrogens (tertiary/aromatic N) is 1. The second-order valence-electron chi connectivity index (χ2n) is 6.06. The molecule has 0 spiro atoms. The van der Waals surface area contributed by atoms with E-state index in [0.717, 1.165) is 32.4 Å². The van der Waals surface area contributed by atoms with E-state index >= 15 is 0 Å². The van der Waals surface area contributed by atoms with E-state index in [-0.39, 0.29) is 11.6 Å². The molecule has 2 rings (SSSR count). The molecule has 1 fully saturated rings. The third kappa shape index (κ3) is 3.12. The summed E-state index contributed by atoms with van der Waals surface area (Å²) in [7, 11) is 0. The highest BCUT2D eigenvalue weighted by Gasteiger charge is 2.33. The summed E-state index contributed by atoms with van der Waals surface area (Å²) in [6.07, 6.45) is 2.93. The van der Waals surface area contributed by atoms with E-state index in [9.17, 15) is 5.11 Å². The summed E-state index contributed by atoms with van der Waals surface area (Å²) in [4.78, 5) is 2.40. The van der Waals surface area contributed by atoms with Crippen LogP contribution in [0.1, 0.15) is 44.7 Å². The fourth-order valence-corrected chi connectivity index (χ4v) is 2.65. The zero-order chi connectivity index (χ0) is 13.2. The number of benzene rings is 1. The topological polar surface area (TPSA) is 23.5 Å². The summed E-state index contributed by atoms with van der Waals surface area (Å²) in [5, 5.41) is 9.83. The van der Waals surface area contributed by atoms with Crippen LogP contribution in [0.5, 0.6) is 0 Å². The maximum absolute atomic E-state index is 9.83. The molecule has 0 aliphatic carbocycles. The number of aliphatic hydroxyl groups is 1. The van der Waals surface area contributed by atoms with Crippen LogP contribution in [0.2, 0.25) is 0 Å². The molecule has 1 heterocycles. The second kappa shape index (κ2) is 5.41. The van der Waals surface area contributed by atoms with Crippen molar-refractivity contribution in [3.8, 4) is 0 Å². The molecule has 100 valence electrons. The Labute approximate surface area is 111 Å². The van der Waals surface area contributed by atoms with E-state index in [4.69, 9.17) is 0 Å². The molecule has 1 unspecified atom stereocenters. The molecule has 18 heavy (non-hydrogen) atoms. The third-order valence-electron chi connectivity index (χ3n) is 4.18. The first-order chi connectivity index (χ1) is 8.51. The third-order valence-corrected chi connectivity index (χ3v) is 4.18. The largest absolute Gasteiger partial charge is 0.392 e. The molecule has 2 nitrogen and oxygen atoms in total. The van der Waals surface area contributed by atoms with Crippen LogP contribution in [0.15, 0.2) is 24.3 Å². The van der Waals surface area contributed by atoms with E-state index in [0.29, 0.717) is 0 Å². The van der Waals surface area contributed by atoms with E-state index in [1.54, 1.807) is 0 Å². The highest BCUT2D eigenvalue weighted by atomic mass is 16.3. The van der Waals surface area contributed by atoms with Crippen LogP contribution in [0.4, 0.5) is 0 Å². The van der Waals surface area contributed by atoms with Gasteiger partial charge in [-0.1, -0.05) is 31.2 Å². The number of hydrogen-bond acceptors (Lipinski definition) is 2. The number of β-amino-alcohol motifs (C(OH)–C–C–N with tert-alkyl or cyclic N) is 1. The van der Waals surface area contributed by atoms with Crippen LogP contribution in [-0.2, 0) is 13.0 Å². The number of aryl methyl sites for hydroxylation is 1. The molecule has 1 atom stereocenters. The van der Waals surface area contributed by atoms with E-state index < -0.39 is 0 Å². The maximum Gasteiger partial charge on any atom is 0.0668 e. The van der Waals surface area contributed by atoms with Crippen LogP contribution in [0.3, 0.4) is 0 Å². The quantitative estimate of drug-likeness (QED) is 0.887. The molecule has 1 saturated heterocycles. The molecule has 2 heteroatoms. The van der Waals surface area contributed by atoms with Gasteiger partial charge < -0.3 is 5.11 Å². The molecule has 1 aromatic rings. The van der Waals surface area contributed by atoms with Crippen molar-refractivity contribution >= 4 is 0 Å². The first-order valence-electron chi connectivity index (χ1n) is 7.02. The molecular formula is C16H25NO. The fourth-order valence-electron chi connectivity index (χ4n) is 2.65. The van der Waals surface area contributed by atoms with Gasteiger partial charge in [0.1, 0.15) is 0 Å². The van der Waals surface area contributed by atoms with Gasteiger partial charge in [0.15, 0.2) is 0 Å². The van der Waals surface area contributed by atoms with Gasteiger partial charge in [0, 0.05) is 18.6 Å². The summed E-state index contributed by atoms with van der Waals surface area (Å²) >= 11 is 0. The lowest BCUT2D eigenvalue weighted by Gasteiger charge is -2.44. The molecule has 1 aliphatic rings. The number of likely N-dealkylation sites (tertiary alicyclic amines) is 1. The molecule has 1 N–H and O–H groups in total. The van der Waals surface area contributed by atoms with Gasteiger partial charge in [0.05, 0.1) is 6.10 Å². The summed E-state index contributed by atoms with van der Waals surface area (Å²) < 4.78 is 0. The molecular weight excluding hydrogens is 222 g/mol. The monoisotopic (exact) mass is 247 g/mol. The molecule has 0 saturated carbocycles. The molecule has 0 radical (unpaired) electrons. The molecule has 1 aliphatic heterocycles. The normalized spacial score (nSPS) is 24.1. The highest BCUT2D eigenvalue weighted by Crippen LogP contribution is 2.29. The number of piperidine rings is 1. The zero-order valence-electron chi connectivity index (χ0n) is 11.8. The van der Waals surface area contributed by atoms with Gasteiger partial charge in [-0.25, -0.2) is 0 Å². The van der Waals surface area contributed by atoms with Crippen molar-refractivity contribution in [2.75, 3.05) is 6.54 Å². The smallest absolute Gasteiger partial charge is 0.0668 e. The average molecular weight is 247 g/mol. The van der Waals surface area contributed by atoms with Crippen LogP contribution < -0.4 is 0 Å². The SMILES string of the molecule is CCc1ccc(CN2CC(O)CCC2(C)C)cc1. The molecule has 0 amide bonds. The Morgan fingerprint density at radius 2 is 1.83 bits per heavy atom. The van der Waals surface area contributed by atoms with Crippen molar-refractivity contribution in [3.63, 3.8) is 0 Å². The lowest BCUT2D eigenvalue weighted by atomic mass is 9.88. The molecule has 0 aromatic heterocycles. The van der Waals surface area contributed by atoms with Gasteiger partial charge in [-0.15, -0.1) is 0 Å². The Bertz CT molecular complexity index is 383. The van der Waals surface area contributed by atoms with Crippen molar-refractivity contribution in [2.45, 2.75) is 58.2 Å². The van der Waals surface area contributed by atoms with Gasteiger partial charge in [0.25, 0.3) is 0 Å². The predicted octanol–water partition coefficient (Wildman–Crippen LogP) is 2.98. The molecule has 1 aromatic carbocycles. The predicted molar refractivity (Wildman–Crippen MR) is 75.5 cm³/mol. The Morgan fingerprint density at radius 1 is 1.22 bits per heavy atom. The van der Waals surface area contributed by atoms with E-state index in [2.05, 4.69) is 49.9 Å². The van der Waals surface area contributed by atoms with Crippen LogP contribution >= 0.6 is 0 Å². The van der Waals surface area contributed by atoms with Crippen molar-refractivity contribution in [1.29, 1.82) is 0 Å². The van der Waals surface area contributed by atoms with Crippen molar-refractivity contribution in [2.24, 2.45) is 0 Å². The zero-order valence-corrected chi connectivity index (χ0v) is 11.8. The van der Waals surface area contributed by atoms with Crippen molar-refractivity contribution < 1.29 is 5.11 Å². The lowest BCUT2D eigenvalue weighted by molar-refractivity contribution is -0.00959. The van der Waals surface area contributed by atoms with Gasteiger partial charge in [-0.3, -0.25) is 4.90 Å². The van der Waals surface area contributed by atoms with Crippen molar-refractivity contribution in [3.05, 3.63) is 35.4 Å². The standard InChI is InChI=1S/C16H25NO/c1-4-13-5-7-14(8-6-13)11-17-12-15(18)9-10-16(17,2)3/h5-8,15,18H,4,9-12H2,1-3H3. The van der Waals surface area contributed by atoms with Gasteiger partial charge in [-0.2, -0.15) is 0 Å². The van der Waals surface area contributed by atoms with Crippen LogP contribution in [-0.4, -0.2) is 28.2 Å². The fraction of sp³-hybridized carbons (Fsp3) is 0.625.